The molecule has 1 aromatic rings. The number of methoxy groups -OCH3 is 1. The highest BCUT2D eigenvalue weighted by molar-refractivity contribution is 5.41. The van der Waals surface area contributed by atoms with Crippen LogP contribution in [-0.4, -0.2) is 32.9 Å². The van der Waals surface area contributed by atoms with Crippen LogP contribution in [-0.2, 0) is 4.74 Å². The summed E-state index contributed by atoms with van der Waals surface area (Å²) in [6.45, 7) is 10.8. The maximum Gasteiger partial charge on any atom is 0.122 e. The molecule has 3 heteroatoms. The van der Waals surface area contributed by atoms with Crippen LogP contribution in [0.5, 0.6) is 5.75 Å². The fourth-order valence-corrected chi connectivity index (χ4v) is 2.06. The van der Waals surface area contributed by atoms with Gasteiger partial charge < -0.3 is 14.8 Å². The van der Waals surface area contributed by atoms with Gasteiger partial charge >= 0.3 is 0 Å². The van der Waals surface area contributed by atoms with Gasteiger partial charge in [-0.25, -0.2) is 0 Å². The van der Waals surface area contributed by atoms with E-state index < -0.39 is 0 Å². The van der Waals surface area contributed by atoms with Gasteiger partial charge in [0.25, 0.3) is 0 Å². The monoisotopic (exact) mass is 265 g/mol. The van der Waals surface area contributed by atoms with Gasteiger partial charge in [0.2, 0.25) is 0 Å². The minimum absolute atomic E-state index is 0.241. The molecular formula is C16H27NO2. The molecule has 1 atom stereocenters. The molecule has 0 spiro atoms. The summed E-state index contributed by atoms with van der Waals surface area (Å²) in [6.07, 6.45) is 1.11. The third-order valence-electron chi connectivity index (χ3n) is 3.25. The Bertz CT molecular complexity index is 391. The predicted molar refractivity (Wildman–Crippen MR) is 80.1 cm³/mol. The molecule has 1 aromatic carbocycles. The minimum Gasteiger partial charge on any atom is -0.492 e. The van der Waals surface area contributed by atoms with Crippen LogP contribution in [0.4, 0.5) is 0 Å². The molecule has 0 aromatic heterocycles. The van der Waals surface area contributed by atoms with Gasteiger partial charge in [-0.2, -0.15) is 0 Å². The number of rotatable bonds is 8. The summed E-state index contributed by atoms with van der Waals surface area (Å²) in [4.78, 5) is 0. The van der Waals surface area contributed by atoms with E-state index in [0.717, 1.165) is 18.7 Å². The Morgan fingerprint density at radius 3 is 2.53 bits per heavy atom. The largest absolute Gasteiger partial charge is 0.492 e. The molecule has 0 radical (unpaired) electrons. The Balaban J connectivity index is 2.62. The van der Waals surface area contributed by atoms with Gasteiger partial charge in [-0.3, -0.25) is 0 Å². The van der Waals surface area contributed by atoms with Crippen LogP contribution < -0.4 is 10.1 Å². The predicted octanol–water partition coefficient (Wildman–Crippen LogP) is 3.01. The summed E-state index contributed by atoms with van der Waals surface area (Å²) in [5, 5.41) is 3.44. The van der Waals surface area contributed by atoms with Gasteiger partial charge in [-0.05, 0) is 56.5 Å². The highest BCUT2D eigenvalue weighted by atomic mass is 16.5. The zero-order valence-electron chi connectivity index (χ0n) is 12.9. The molecule has 0 amide bonds. The first-order chi connectivity index (χ1) is 9.08. The van der Waals surface area contributed by atoms with Crippen LogP contribution in [0.3, 0.4) is 0 Å². The standard InChI is InChI=1S/C16H27NO2/c1-6-7-17-15(10-18-5)11-19-16-9-12(2)8-13(3)14(16)4/h8-9,15,17H,6-7,10-11H2,1-5H3. The van der Waals surface area contributed by atoms with Crippen LogP contribution in [0.25, 0.3) is 0 Å². The van der Waals surface area contributed by atoms with Gasteiger partial charge in [0.15, 0.2) is 0 Å². The summed E-state index contributed by atoms with van der Waals surface area (Å²) < 4.78 is 11.2. The fraction of sp³-hybridized carbons (Fsp3) is 0.625. The first-order valence-electron chi connectivity index (χ1n) is 7.01. The van der Waals surface area contributed by atoms with Crippen molar-refractivity contribution in [3.63, 3.8) is 0 Å². The second-order valence-electron chi connectivity index (χ2n) is 5.12. The van der Waals surface area contributed by atoms with Crippen molar-refractivity contribution in [2.24, 2.45) is 0 Å². The fourth-order valence-electron chi connectivity index (χ4n) is 2.06. The van der Waals surface area contributed by atoms with Crippen molar-refractivity contribution in [1.82, 2.24) is 5.32 Å². The number of hydrogen-bond donors (Lipinski definition) is 1. The molecule has 0 aliphatic heterocycles. The van der Waals surface area contributed by atoms with E-state index in [9.17, 15) is 0 Å². The number of ether oxygens (including phenoxy) is 2. The van der Waals surface area contributed by atoms with E-state index in [1.165, 1.54) is 16.7 Å². The molecule has 0 bridgehead atoms. The lowest BCUT2D eigenvalue weighted by atomic mass is 10.1. The number of aryl methyl sites for hydroxylation is 2. The molecular weight excluding hydrogens is 238 g/mol. The van der Waals surface area contributed by atoms with Crippen LogP contribution >= 0.6 is 0 Å². The van der Waals surface area contributed by atoms with Crippen molar-refractivity contribution >= 4 is 0 Å². The summed E-state index contributed by atoms with van der Waals surface area (Å²) in [7, 11) is 1.72. The van der Waals surface area contributed by atoms with Gasteiger partial charge in [0.05, 0.1) is 12.6 Å². The lowest BCUT2D eigenvalue weighted by Crippen LogP contribution is -2.38. The maximum absolute atomic E-state index is 5.97. The molecule has 0 heterocycles. The Morgan fingerprint density at radius 1 is 1.16 bits per heavy atom. The SMILES string of the molecule is CCCNC(COC)COc1cc(C)cc(C)c1C. The Morgan fingerprint density at radius 2 is 1.89 bits per heavy atom. The first kappa shape index (κ1) is 16.0. The summed E-state index contributed by atoms with van der Waals surface area (Å²) in [5.41, 5.74) is 3.74. The molecule has 108 valence electrons. The molecule has 0 aliphatic carbocycles. The van der Waals surface area contributed by atoms with E-state index in [-0.39, 0.29) is 6.04 Å². The van der Waals surface area contributed by atoms with Crippen LogP contribution in [0.1, 0.15) is 30.0 Å². The smallest absolute Gasteiger partial charge is 0.122 e. The van der Waals surface area contributed by atoms with Crippen molar-refractivity contribution < 1.29 is 9.47 Å². The van der Waals surface area contributed by atoms with Gasteiger partial charge in [-0.15, -0.1) is 0 Å². The van der Waals surface area contributed by atoms with E-state index in [4.69, 9.17) is 9.47 Å². The average Bonchev–Trinajstić information content (AvgIpc) is 2.38. The van der Waals surface area contributed by atoms with Crippen LogP contribution in [0.2, 0.25) is 0 Å². The van der Waals surface area contributed by atoms with E-state index in [1.807, 2.05) is 0 Å². The molecule has 1 rings (SSSR count). The minimum atomic E-state index is 0.241. The molecule has 0 fully saturated rings. The molecule has 19 heavy (non-hydrogen) atoms. The van der Waals surface area contributed by atoms with E-state index >= 15 is 0 Å². The van der Waals surface area contributed by atoms with E-state index in [0.29, 0.717) is 13.2 Å². The molecule has 3 nitrogen and oxygen atoms in total. The summed E-state index contributed by atoms with van der Waals surface area (Å²) >= 11 is 0. The third kappa shape index (κ3) is 5.21. The Kier molecular flexibility index (Phi) is 6.89. The highest BCUT2D eigenvalue weighted by Gasteiger charge is 2.10. The zero-order valence-corrected chi connectivity index (χ0v) is 12.9. The van der Waals surface area contributed by atoms with Crippen molar-refractivity contribution in [2.75, 3.05) is 26.9 Å². The Hall–Kier alpha value is -1.06. The second kappa shape index (κ2) is 8.18. The molecule has 0 saturated heterocycles. The van der Waals surface area contributed by atoms with E-state index in [2.05, 4.69) is 45.1 Å². The molecule has 0 aliphatic rings. The number of nitrogens with one attached hydrogen (secondary N) is 1. The second-order valence-corrected chi connectivity index (χ2v) is 5.12. The van der Waals surface area contributed by atoms with Crippen molar-refractivity contribution in [3.05, 3.63) is 28.8 Å². The van der Waals surface area contributed by atoms with Crippen molar-refractivity contribution in [1.29, 1.82) is 0 Å². The van der Waals surface area contributed by atoms with Gasteiger partial charge in [0, 0.05) is 7.11 Å². The lowest BCUT2D eigenvalue weighted by Gasteiger charge is -2.20. The highest BCUT2D eigenvalue weighted by Crippen LogP contribution is 2.23. The molecule has 0 saturated carbocycles. The summed E-state index contributed by atoms with van der Waals surface area (Å²) in [6, 6.07) is 4.53. The van der Waals surface area contributed by atoms with Gasteiger partial charge in [0.1, 0.15) is 12.4 Å². The van der Waals surface area contributed by atoms with Crippen molar-refractivity contribution in [3.8, 4) is 5.75 Å². The van der Waals surface area contributed by atoms with E-state index in [1.54, 1.807) is 7.11 Å². The molecule has 1 N–H and O–H groups in total. The number of hydrogen-bond acceptors (Lipinski definition) is 3. The quantitative estimate of drug-likeness (QED) is 0.784. The first-order valence-corrected chi connectivity index (χ1v) is 7.01. The normalized spacial score (nSPS) is 12.5. The third-order valence-corrected chi connectivity index (χ3v) is 3.25. The lowest BCUT2D eigenvalue weighted by molar-refractivity contribution is 0.136. The summed E-state index contributed by atoms with van der Waals surface area (Å²) in [5.74, 6) is 0.983. The number of benzene rings is 1. The molecule has 1 unspecified atom stereocenters. The van der Waals surface area contributed by atoms with Crippen LogP contribution in [0.15, 0.2) is 12.1 Å². The zero-order chi connectivity index (χ0) is 14.3. The Labute approximate surface area is 117 Å². The topological polar surface area (TPSA) is 30.5 Å². The average molecular weight is 265 g/mol. The maximum atomic E-state index is 5.97. The van der Waals surface area contributed by atoms with Crippen LogP contribution in [0, 0.1) is 20.8 Å². The van der Waals surface area contributed by atoms with Gasteiger partial charge in [-0.1, -0.05) is 13.0 Å². The van der Waals surface area contributed by atoms with Crippen molar-refractivity contribution in [2.45, 2.75) is 40.2 Å².